The maximum Gasteiger partial charge on any atom is 0.220 e. The molecular formula is C16H22IN5O. The first-order valence-corrected chi connectivity index (χ1v) is 9.06. The number of aliphatic imine (C=N–C) groups is 2. The number of benzene rings is 1. The number of guanidine groups is 2. The van der Waals surface area contributed by atoms with Crippen LogP contribution in [0.25, 0.3) is 0 Å². The quantitative estimate of drug-likeness (QED) is 0.727. The van der Waals surface area contributed by atoms with Crippen LogP contribution in [0.2, 0.25) is 0 Å². The molecule has 0 saturated heterocycles. The summed E-state index contributed by atoms with van der Waals surface area (Å²) in [7, 11) is 0. The Balaban J connectivity index is 2.12. The van der Waals surface area contributed by atoms with Gasteiger partial charge < -0.3 is 16.2 Å². The molecule has 3 rings (SSSR count). The van der Waals surface area contributed by atoms with Crippen LogP contribution in [0.15, 0.2) is 28.2 Å². The highest BCUT2D eigenvalue weighted by Gasteiger charge is 2.43. The molecule has 23 heavy (non-hydrogen) atoms. The van der Waals surface area contributed by atoms with Crippen LogP contribution in [0.3, 0.4) is 0 Å². The molecule has 0 bridgehead atoms. The Labute approximate surface area is 150 Å². The van der Waals surface area contributed by atoms with E-state index in [1.54, 1.807) is 0 Å². The lowest BCUT2D eigenvalue weighted by molar-refractivity contribution is 0.299. The highest BCUT2D eigenvalue weighted by molar-refractivity contribution is 14.1. The third-order valence-electron chi connectivity index (χ3n) is 4.31. The third-order valence-corrected chi connectivity index (χ3v) is 4.98. The lowest BCUT2D eigenvalue weighted by Crippen LogP contribution is -2.58. The largest absolute Gasteiger partial charge is 0.492 e. The number of anilines is 1. The van der Waals surface area contributed by atoms with E-state index >= 15 is 0 Å². The van der Waals surface area contributed by atoms with Crippen LogP contribution in [0.1, 0.15) is 39.0 Å². The van der Waals surface area contributed by atoms with E-state index in [1.807, 2.05) is 24.0 Å². The Morgan fingerprint density at radius 3 is 2.70 bits per heavy atom. The van der Waals surface area contributed by atoms with Crippen molar-refractivity contribution in [3.8, 4) is 5.75 Å². The summed E-state index contributed by atoms with van der Waals surface area (Å²) in [6, 6.07) is 6.07. The summed E-state index contributed by atoms with van der Waals surface area (Å²) in [5.41, 5.74) is 12.7. The SMILES string of the molecule is CCOc1ccc(I)cc1N1C(N)=NC(N)=NC12CCCCC2. The summed E-state index contributed by atoms with van der Waals surface area (Å²) in [6.07, 6.45) is 5.26. The van der Waals surface area contributed by atoms with Gasteiger partial charge in [-0.3, -0.25) is 4.90 Å². The molecular weight excluding hydrogens is 405 g/mol. The summed E-state index contributed by atoms with van der Waals surface area (Å²) in [5, 5.41) is 0. The predicted molar refractivity (Wildman–Crippen MR) is 102 cm³/mol. The van der Waals surface area contributed by atoms with Crippen molar-refractivity contribution in [2.75, 3.05) is 11.5 Å². The monoisotopic (exact) mass is 427 g/mol. The van der Waals surface area contributed by atoms with Gasteiger partial charge >= 0.3 is 0 Å². The minimum Gasteiger partial charge on any atom is -0.492 e. The molecule has 0 amide bonds. The van der Waals surface area contributed by atoms with Gasteiger partial charge in [0.1, 0.15) is 11.4 Å². The standard InChI is InChI=1S/C16H22IN5O/c1-2-23-13-7-6-11(17)10-12(13)22-15(19)20-14(18)21-16(22)8-4-3-5-9-16/h6-7,10H,2-5,8-9H2,1H3,(H4,18,19,20,21). The first-order chi connectivity index (χ1) is 11.1. The van der Waals surface area contributed by atoms with Crippen molar-refractivity contribution in [1.82, 2.24) is 0 Å². The number of hydrogen-bond donors (Lipinski definition) is 2. The van der Waals surface area contributed by atoms with Gasteiger partial charge in [0.05, 0.1) is 12.3 Å². The van der Waals surface area contributed by atoms with Gasteiger partial charge in [-0.05, 0) is 73.4 Å². The minimum absolute atomic E-state index is 0.268. The second-order valence-corrected chi connectivity index (χ2v) is 7.11. The average Bonchev–Trinajstić information content (AvgIpc) is 2.50. The Bertz CT molecular complexity index is 652. The molecule has 1 aliphatic carbocycles. The van der Waals surface area contributed by atoms with Crippen molar-refractivity contribution in [3.05, 3.63) is 21.8 Å². The third kappa shape index (κ3) is 3.11. The summed E-state index contributed by atoms with van der Waals surface area (Å²) < 4.78 is 6.93. The zero-order valence-corrected chi connectivity index (χ0v) is 15.4. The van der Waals surface area contributed by atoms with Crippen LogP contribution < -0.4 is 21.1 Å². The van der Waals surface area contributed by atoms with E-state index in [-0.39, 0.29) is 5.96 Å². The number of rotatable bonds is 3. The molecule has 1 heterocycles. The van der Waals surface area contributed by atoms with Gasteiger partial charge in [0.15, 0.2) is 0 Å². The lowest BCUT2D eigenvalue weighted by atomic mass is 9.87. The highest BCUT2D eigenvalue weighted by Crippen LogP contribution is 2.43. The predicted octanol–water partition coefficient (Wildman–Crippen LogP) is 2.80. The summed E-state index contributed by atoms with van der Waals surface area (Å²) in [6.45, 7) is 2.57. The first kappa shape index (κ1) is 16.4. The molecule has 1 spiro atoms. The Morgan fingerprint density at radius 2 is 2.00 bits per heavy atom. The number of nitrogens with zero attached hydrogens (tertiary/aromatic N) is 3. The van der Waals surface area contributed by atoms with E-state index in [4.69, 9.17) is 21.2 Å². The van der Waals surface area contributed by atoms with E-state index in [1.165, 1.54) is 6.42 Å². The van der Waals surface area contributed by atoms with E-state index in [0.717, 1.165) is 40.7 Å². The molecule has 1 aromatic rings. The number of ether oxygens (including phenoxy) is 1. The Morgan fingerprint density at radius 1 is 1.26 bits per heavy atom. The maximum absolute atomic E-state index is 6.28. The molecule has 4 N–H and O–H groups in total. The number of halogens is 1. The Hall–Kier alpha value is -1.51. The molecule has 124 valence electrons. The smallest absolute Gasteiger partial charge is 0.220 e. The van der Waals surface area contributed by atoms with Crippen LogP contribution in [-0.2, 0) is 0 Å². The van der Waals surface area contributed by atoms with Crippen molar-refractivity contribution < 1.29 is 4.74 Å². The van der Waals surface area contributed by atoms with Gasteiger partial charge in [0.25, 0.3) is 0 Å². The normalized spacial score (nSPS) is 20.2. The summed E-state index contributed by atoms with van der Waals surface area (Å²) >= 11 is 2.29. The molecule has 1 fully saturated rings. The molecule has 1 aliphatic heterocycles. The fourth-order valence-electron chi connectivity index (χ4n) is 3.41. The van der Waals surface area contributed by atoms with Gasteiger partial charge in [0.2, 0.25) is 11.9 Å². The second kappa shape index (κ2) is 6.54. The molecule has 0 aromatic heterocycles. The molecule has 6 nitrogen and oxygen atoms in total. The average molecular weight is 427 g/mol. The first-order valence-electron chi connectivity index (χ1n) is 7.98. The zero-order chi connectivity index (χ0) is 16.4. The molecule has 0 unspecified atom stereocenters. The van der Waals surface area contributed by atoms with Gasteiger partial charge in [-0.25, -0.2) is 4.99 Å². The fraction of sp³-hybridized carbons (Fsp3) is 0.500. The van der Waals surface area contributed by atoms with Gasteiger partial charge in [-0.1, -0.05) is 6.42 Å². The van der Waals surface area contributed by atoms with Crippen LogP contribution in [0.4, 0.5) is 5.69 Å². The van der Waals surface area contributed by atoms with Crippen LogP contribution in [-0.4, -0.2) is 24.2 Å². The van der Waals surface area contributed by atoms with Crippen molar-refractivity contribution >= 4 is 40.2 Å². The molecule has 1 saturated carbocycles. The number of hydrogen-bond acceptors (Lipinski definition) is 6. The van der Waals surface area contributed by atoms with Crippen LogP contribution in [0.5, 0.6) is 5.75 Å². The zero-order valence-electron chi connectivity index (χ0n) is 13.3. The summed E-state index contributed by atoms with van der Waals surface area (Å²) in [4.78, 5) is 10.9. The molecule has 0 atom stereocenters. The van der Waals surface area contributed by atoms with E-state index in [9.17, 15) is 0 Å². The van der Waals surface area contributed by atoms with E-state index in [0.29, 0.717) is 12.6 Å². The van der Waals surface area contributed by atoms with Crippen molar-refractivity contribution in [2.24, 2.45) is 21.5 Å². The van der Waals surface area contributed by atoms with E-state index < -0.39 is 5.66 Å². The molecule has 0 radical (unpaired) electrons. The molecule has 7 heteroatoms. The molecule has 2 aliphatic rings. The number of nitrogens with two attached hydrogens (primary N) is 2. The lowest BCUT2D eigenvalue weighted by Gasteiger charge is -2.46. The maximum atomic E-state index is 6.28. The second-order valence-electron chi connectivity index (χ2n) is 5.86. The summed E-state index contributed by atoms with van der Waals surface area (Å²) in [5.74, 6) is 1.46. The Kier molecular flexibility index (Phi) is 4.65. The van der Waals surface area contributed by atoms with Crippen molar-refractivity contribution in [3.63, 3.8) is 0 Å². The fourth-order valence-corrected chi connectivity index (χ4v) is 3.89. The highest BCUT2D eigenvalue weighted by atomic mass is 127. The van der Waals surface area contributed by atoms with Crippen molar-refractivity contribution in [2.45, 2.75) is 44.7 Å². The minimum atomic E-state index is -0.440. The van der Waals surface area contributed by atoms with E-state index in [2.05, 4.69) is 33.6 Å². The van der Waals surface area contributed by atoms with Crippen LogP contribution >= 0.6 is 22.6 Å². The molecule has 1 aromatic carbocycles. The van der Waals surface area contributed by atoms with Crippen LogP contribution in [0, 0.1) is 3.57 Å². The van der Waals surface area contributed by atoms with Crippen molar-refractivity contribution in [1.29, 1.82) is 0 Å². The van der Waals surface area contributed by atoms with Gasteiger partial charge in [-0.15, -0.1) is 0 Å². The van der Waals surface area contributed by atoms with Gasteiger partial charge in [-0.2, -0.15) is 4.99 Å². The van der Waals surface area contributed by atoms with Gasteiger partial charge in [0, 0.05) is 3.57 Å². The topological polar surface area (TPSA) is 89.2 Å².